The Morgan fingerprint density at radius 3 is 2.67 bits per heavy atom. The van der Waals surface area contributed by atoms with Crippen LogP contribution in [0.4, 0.5) is 24.8 Å². The van der Waals surface area contributed by atoms with Crippen molar-refractivity contribution in [3.05, 3.63) is 11.4 Å². The fourth-order valence-corrected chi connectivity index (χ4v) is 2.65. The summed E-state index contributed by atoms with van der Waals surface area (Å²) >= 11 is 0. The maximum atomic E-state index is 12.9. The standard InChI is InChI=1S/C14H21F3N4/c1-3-5-11-19-12(18)9(2)13(20-11)21-7-4-6-10(8-21)14(15,16)17/h10H,3-8H2,1-2H3,(H2,18,19,20). The fourth-order valence-electron chi connectivity index (χ4n) is 2.65. The van der Waals surface area contributed by atoms with Gasteiger partial charge in [0, 0.05) is 25.1 Å². The molecular weight excluding hydrogens is 281 g/mol. The zero-order valence-electron chi connectivity index (χ0n) is 12.4. The molecule has 0 spiro atoms. The highest BCUT2D eigenvalue weighted by Gasteiger charge is 2.42. The molecule has 2 rings (SSSR count). The van der Waals surface area contributed by atoms with Gasteiger partial charge in [-0.25, -0.2) is 9.97 Å². The van der Waals surface area contributed by atoms with Crippen LogP contribution < -0.4 is 10.6 Å². The zero-order valence-corrected chi connectivity index (χ0v) is 12.4. The molecular formula is C14H21F3N4. The zero-order chi connectivity index (χ0) is 15.6. The van der Waals surface area contributed by atoms with Crippen LogP contribution in [0.1, 0.15) is 37.6 Å². The lowest BCUT2D eigenvalue weighted by Crippen LogP contribution is -2.42. The van der Waals surface area contributed by atoms with E-state index in [0.29, 0.717) is 42.4 Å². The average molecular weight is 302 g/mol. The fraction of sp³-hybridized carbons (Fsp3) is 0.714. The van der Waals surface area contributed by atoms with Crippen molar-refractivity contribution in [2.24, 2.45) is 5.92 Å². The number of anilines is 2. The highest BCUT2D eigenvalue weighted by molar-refractivity contribution is 5.56. The quantitative estimate of drug-likeness (QED) is 0.932. The first-order chi connectivity index (χ1) is 9.82. The maximum Gasteiger partial charge on any atom is 0.393 e. The van der Waals surface area contributed by atoms with Crippen molar-refractivity contribution in [3.63, 3.8) is 0 Å². The van der Waals surface area contributed by atoms with Gasteiger partial charge in [-0.05, 0) is 26.2 Å². The summed E-state index contributed by atoms with van der Waals surface area (Å²) in [5.41, 5.74) is 6.54. The number of halogens is 3. The molecule has 0 aliphatic carbocycles. The number of piperidine rings is 1. The van der Waals surface area contributed by atoms with E-state index in [1.54, 1.807) is 11.8 Å². The molecule has 1 unspecified atom stereocenters. The van der Waals surface area contributed by atoms with Crippen LogP contribution in [0.15, 0.2) is 0 Å². The van der Waals surface area contributed by atoms with Gasteiger partial charge in [0.2, 0.25) is 0 Å². The van der Waals surface area contributed by atoms with E-state index in [4.69, 9.17) is 5.73 Å². The summed E-state index contributed by atoms with van der Waals surface area (Å²) in [5.74, 6) is 0.221. The highest BCUT2D eigenvalue weighted by atomic mass is 19.4. The molecule has 0 amide bonds. The number of aryl methyl sites for hydroxylation is 1. The summed E-state index contributed by atoms with van der Waals surface area (Å²) in [6, 6.07) is 0. The Morgan fingerprint density at radius 2 is 2.05 bits per heavy atom. The Kier molecular flexibility index (Phi) is 4.58. The molecule has 1 aliphatic rings. The topological polar surface area (TPSA) is 55.0 Å². The molecule has 0 radical (unpaired) electrons. The number of nitrogens with zero attached hydrogens (tertiary/aromatic N) is 3. The SMILES string of the molecule is CCCc1nc(N)c(C)c(N2CCCC(C(F)(F)F)C2)n1. The number of nitrogen functional groups attached to an aromatic ring is 1. The summed E-state index contributed by atoms with van der Waals surface area (Å²) < 4.78 is 38.8. The highest BCUT2D eigenvalue weighted by Crippen LogP contribution is 2.35. The third-order valence-electron chi connectivity index (χ3n) is 3.86. The molecule has 1 fully saturated rings. The molecule has 0 aromatic carbocycles. The van der Waals surface area contributed by atoms with Crippen LogP contribution in [0.25, 0.3) is 0 Å². The van der Waals surface area contributed by atoms with Gasteiger partial charge in [0.15, 0.2) is 0 Å². The van der Waals surface area contributed by atoms with Gasteiger partial charge in [0.1, 0.15) is 17.5 Å². The second kappa shape index (κ2) is 6.07. The van der Waals surface area contributed by atoms with Gasteiger partial charge in [-0.1, -0.05) is 6.92 Å². The van der Waals surface area contributed by atoms with Crippen LogP contribution in [0, 0.1) is 12.8 Å². The third-order valence-corrected chi connectivity index (χ3v) is 3.86. The number of rotatable bonds is 3. The van der Waals surface area contributed by atoms with Gasteiger partial charge < -0.3 is 10.6 Å². The van der Waals surface area contributed by atoms with E-state index in [2.05, 4.69) is 9.97 Å². The molecule has 21 heavy (non-hydrogen) atoms. The van der Waals surface area contributed by atoms with Crippen LogP contribution in [0.2, 0.25) is 0 Å². The van der Waals surface area contributed by atoms with E-state index in [-0.39, 0.29) is 13.0 Å². The molecule has 0 bridgehead atoms. The van der Waals surface area contributed by atoms with Crippen LogP contribution in [-0.2, 0) is 6.42 Å². The van der Waals surface area contributed by atoms with Gasteiger partial charge in [-0.3, -0.25) is 0 Å². The van der Waals surface area contributed by atoms with E-state index < -0.39 is 12.1 Å². The van der Waals surface area contributed by atoms with Crippen molar-refractivity contribution in [1.82, 2.24) is 9.97 Å². The van der Waals surface area contributed by atoms with Gasteiger partial charge in [0.25, 0.3) is 0 Å². The lowest BCUT2D eigenvalue weighted by molar-refractivity contribution is -0.176. The summed E-state index contributed by atoms with van der Waals surface area (Å²) in [5, 5.41) is 0. The monoisotopic (exact) mass is 302 g/mol. The average Bonchev–Trinajstić information content (AvgIpc) is 2.42. The van der Waals surface area contributed by atoms with Gasteiger partial charge >= 0.3 is 6.18 Å². The number of hydrogen-bond donors (Lipinski definition) is 1. The van der Waals surface area contributed by atoms with E-state index in [1.807, 2.05) is 6.92 Å². The molecule has 4 nitrogen and oxygen atoms in total. The summed E-state index contributed by atoms with van der Waals surface area (Å²) in [7, 11) is 0. The molecule has 0 saturated carbocycles. The molecule has 1 atom stereocenters. The van der Waals surface area contributed by atoms with Gasteiger partial charge in [-0.15, -0.1) is 0 Å². The smallest absolute Gasteiger partial charge is 0.383 e. The third kappa shape index (κ3) is 3.57. The van der Waals surface area contributed by atoms with Crippen molar-refractivity contribution >= 4 is 11.6 Å². The van der Waals surface area contributed by atoms with Crippen molar-refractivity contribution in [2.45, 2.75) is 45.7 Å². The predicted molar refractivity (Wildman–Crippen MR) is 76.2 cm³/mol. The lowest BCUT2D eigenvalue weighted by atomic mass is 9.97. The first-order valence-corrected chi connectivity index (χ1v) is 7.27. The summed E-state index contributed by atoms with van der Waals surface area (Å²) in [4.78, 5) is 10.3. The number of alkyl halides is 3. The van der Waals surface area contributed by atoms with Crippen molar-refractivity contribution in [1.29, 1.82) is 0 Å². The van der Waals surface area contributed by atoms with Crippen molar-refractivity contribution in [2.75, 3.05) is 23.7 Å². The van der Waals surface area contributed by atoms with E-state index >= 15 is 0 Å². The number of nitrogens with two attached hydrogens (primary N) is 1. The predicted octanol–water partition coefficient (Wildman–Crippen LogP) is 3.10. The molecule has 2 N–H and O–H groups in total. The minimum Gasteiger partial charge on any atom is -0.383 e. The maximum absolute atomic E-state index is 12.9. The number of hydrogen-bond acceptors (Lipinski definition) is 4. The van der Waals surface area contributed by atoms with E-state index in [0.717, 1.165) is 6.42 Å². The first kappa shape index (κ1) is 15.9. The van der Waals surface area contributed by atoms with Crippen LogP contribution in [0.3, 0.4) is 0 Å². The van der Waals surface area contributed by atoms with Crippen molar-refractivity contribution in [3.8, 4) is 0 Å². The Labute approximate surface area is 122 Å². The Hall–Kier alpha value is -1.53. The number of aromatic nitrogens is 2. The minimum atomic E-state index is -4.16. The Bertz CT molecular complexity index is 502. The first-order valence-electron chi connectivity index (χ1n) is 7.27. The van der Waals surface area contributed by atoms with Gasteiger partial charge in [-0.2, -0.15) is 13.2 Å². The second-order valence-corrected chi connectivity index (χ2v) is 5.55. The van der Waals surface area contributed by atoms with E-state index in [1.165, 1.54) is 0 Å². The lowest BCUT2D eigenvalue weighted by Gasteiger charge is -2.35. The molecule has 1 aromatic rings. The molecule has 7 heteroatoms. The van der Waals surface area contributed by atoms with Crippen LogP contribution in [0.5, 0.6) is 0 Å². The molecule has 2 heterocycles. The Balaban J connectivity index is 2.28. The minimum absolute atomic E-state index is 0.0492. The van der Waals surface area contributed by atoms with Crippen LogP contribution in [-0.4, -0.2) is 29.2 Å². The molecule has 1 saturated heterocycles. The summed E-state index contributed by atoms with van der Waals surface area (Å²) in [6.07, 6.45) is -1.92. The second-order valence-electron chi connectivity index (χ2n) is 5.55. The molecule has 118 valence electrons. The normalized spacial score (nSPS) is 19.9. The van der Waals surface area contributed by atoms with E-state index in [9.17, 15) is 13.2 Å². The molecule has 1 aromatic heterocycles. The van der Waals surface area contributed by atoms with Crippen LogP contribution >= 0.6 is 0 Å². The van der Waals surface area contributed by atoms with Crippen molar-refractivity contribution < 1.29 is 13.2 Å². The van der Waals surface area contributed by atoms with Gasteiger partial charge in [0.05, 0.1) is 5.92 Å². The molecule has 1 aliphatic heterocycles. The summed E-state index contributed by atoms with van der Waals surface area (Å²) in [6.45, 7) is 4.29. The largest absolute Gasteiger partial charge is 0.393 e. The Morgan fingerprint density at radius 1 is 1.33 bits per heavy atom.